The predicted octanol–water partition coefficient (Wildman–Crippen LogP) is 2.40. The normalized spacial score (nSPS) is 10.6. The van der Waals surface area contributed by atoms with Gasteiger partial charge in [0, 0.05) is 6.07 Å². The number of pyridine rings is 1. The number of aromatic nitrogens is 1. The van der Waals surface area contributed by atoms with Crippen LogP contribution in [-0.4, -0.2) is 15.0 Å². The first-order valence-electron chi connectivity index (χ1n) is 3.25. The largest absolute Gasteiger partial charge is 0.501 e. The summed E-state index contributed by atoms with van der Waals surface area (Å²) in [4.78, 5) is 12.2. The van der Waals surface area contributed by atoms with Gasteiger partial charge in [0.2, 0.25) is 11.4 Å². The van der Waals surface area contributed by atoms with E-state index in [0.717, 1.165) is 6.07 Å². The van der Waals surface area contributed by atoms with Gasteiger partial charge in [-0.2, -0.15) is 0 Å². The molecule has 1 aromatic heterocycles. The molecule has 1 aromatic rings. The molecule has 76 valence electrons. The molecule has 0 bridgehead atoms. The number of nitro groups is 1. The van der Waals surface area contributed by atoms with E-state index in [0.29, 0.717) is 0 Å². The minimum Gasteiger partial charge on any atom is -0.501 e. The lowest BCUT2D eigenvalue weighted by molar-refractivity contribution is -0.390. The summed E-state index contributed by atoms with van der Waals surface area (Å²) in [6.07, 6.45) is -2.94. The zero-order valence-electron chi connectivity index (χ0n) is 6.45. The highest BCUT2D eigenvalue weighted by Crippen LogP contribution is 2.33. The highest BCUT2D eigenvalue weighted by molar-refractivity contribution is 9.10. The zero-order chi connectivity index (χ0) is 10.9. The highest BCUT2D eigenvalue weighted by Gasteiger charge is 2.26. The molecule has 0 fully saturated rings. The summed E-state index contributed by atoms with van der Waals surface area (Å²) in [6.45, 7) is 0. The van der Waals surface area contributed by atoms with Crippen LogP contribution in [-0.2, 0) is 0 Å². The average Bonchev–Trinajstić information content (AvgIpc) is 2.02. The van der Waals surface area contributed by atoms with Crippen LogP contribution in [0.3, 0.4) is 0 Å². The van der Waals surface area contributed by atoms with Gasteiger partial charge in [-0.1, -0.05) is 0 Å². The molecule has 5 nitrogen and oxygen atoms in total. The second-order valence-corrected chi connectivity index (χ2v) is 3.11. The van der Waals surface area contributed by atoms with Crippen LogP contribution >= 0.6 is 15.9 Å². The number of aromatic hydroxyl groups is 1. The van der Waals surface area contributed by atoms with E-state index in [1.54, 1.807) is 0 Å². The number of halogens is 3. The van der Waals surface area contributed by atoms with Gasteiger partial charge < -0.3 is 15.2 Å². The monoisotopic (exact) mass is 268 g/mol. The number of alkyl halides is 2. The maximum atomic E-state index is 12.2. The van der Waals surface area contributed by atoms with Gasteiger partial charge in [-0.3, -0.25) is 0 Å². The van der Waals surface area contributed by atoms with Crippen molar-refractivity contribution in [2.45, 2.75) is 6.43 Å². The number of hydrogen-bond acceptors (Lipinski definition) is 4. The molecular formula is C6H3BrF2N2O3. The molecule has 0 aromatic carbocycles. The SMILES string of the molecule is O=[N+]([O-])c1nc(C(F)F)c(Br)cc1O. The topological polar surface area (TPSA) is 76.3 Å². The quantitative estimate of drug-likeness (QED) is 0.660. The molecule has 0 radical (unpaired) electrons. The molecule has 0 aliphatic rings. The minimum absolute atomic E-state index is 0.171. The summed E-state index contributed by atoms with van der Waals surface area (Å²) >= 11 is 2.71. The number of rotatable bonds is 2. The summed E-state index contributed by atoms with van der Waals surface area (Å²) in [5, 5.41) is 19.2. The molecule has 8 heteroatoms. The molecular weight excluding hydrogens is 266 g/mol. The lowest BCUT2D eigenvalue weighted by Crippen LogP contribution is -1.98. The van der Waals surface area contributed by atoms with Crippen LogP contribution in [0.2, 0.25) is 0 Å². The first-order valence-corrected chi connectivity index (χ1v) is 4.04. The van der Waals surface area contributed by atoms with E-state index < -0.39 is 28.6 Å². The Bertz CT molecular complexity index is 386. The van der Waals surface area contributed by atoms with Crippen molar-refractivity contribution in [3.63, 3.8) is 0 Å². The fourth-order valence-electron chi connectivity index (χ4n) is 0.771. The third-order valence-corrected chi connectivity index (χ3v) is 1.98. The second-order valence-electron chi connectivity index (χ2n) is 2.26. The number of hydrogen-bond donors (Lipinski definition) is 1. The lowest BCUT2D eigenvalue weighted by atomic mass is 10.3. The van der Waals surface area contributed by atoms with Gasteiger partial charge in [-0.25, -0.2) is 8.78 Å². The van der Waals surface area contributed by atoms with Crippen molar-refractivity contribution >= 4 is 21.7 Å². The molecule has 0 atom stereocenters. The molecule has 14 heavy (non-hydrogen) atoms. The molecule has 0 unspecified atom stereocenters. The third kappa shape index (κ3) is 1.95. The standard InChI is InChI=1S/C6H3BrF2N2O3/c7-2-1-3(12)6(11(13)14)10-4(2)5(8)9/h1,5,12H. The fourth-order valence-corrected chi connectivity index (χ4v) is 1.25. The van der Waals surface area contributed by atoms with E-state index >= 15 is 0 Å². The van der Waals surface area contributed by atoms with Gasteiger partial charge in [0.05, 0.1) is 4.47 Å². The van der Waals surface area contributed by atoms with Gasteiger partial charge in [0.15, 0.2) is 0 Å². The fraction of sp³-hybridized carbons (Fsp3) is 0.167. The van der Waals surface area contributed by atoms with Crippen LogP contribution < -0.4 is 0 Å². The van der Waals surface area contributed by atoms with Crippen LogP contribution in [0.4, 0.5) is 14.6 Å². The van der Waals surface area contributed by atoms with Crippen LogP contribution in [0.1, 0.15) is 12.1 Å². The van der Waals surface area contributed by atoms with Gasteiger partial charge in [0.25, 0.3) is 0 Å². The Morgan fingerprint density at radius 2 is 2.21 bits per heavy atom. The summed E-state index contributed by atoms with van der Waals surface area (Å²) < 4.78 is 24.2. The van der Waals surface area contributed by atoms with E-state index in [1.807, 2.05) is 0 Å². The Balaban J connectivity index is 3.34. The smallest absolute Gasteiger partial charge is 0.406 e. The van der Waals surface area contributed by atoms with Crippen LogP contribution in [0.25, 0.3) is 0 Å². The molecule has 0 aliphatic heterocycles. The Hall–Kier alpha value is -1.31. The van der Waals surface area contributed by atoms with Crippen molar-refractivity contribution < 1.29 is 18.8 Å². The minimum atomic E-state index is -2.94. The molecule has 0 spiro atoms. The lowest BCUT2D eigenvalue weighted by Gasteiger charge is -2.00. The zero-order valence-corrected chi connectivity index (χ0v) is 8.03. The van der Waals surface area contributed by atoms with E-state index in [1.165, 1.54) is 0 Å². The Morgan fingerprint density at radius 1 is 1.64 bits per heavy atom. The molecule has 0 amide bonds. The van der Waals surface area contributed by atoms with E-state index in [2.05, 4.69) is 20.9 Å². The molecule has 0 aliphatic carbocycles. The van der Waals surface area contributed by atoms with Crippen molar-refractivity contribution in [2.24, 2.45) is 0 Å². The maximum Gasteiger partial charge on any atom is 0.406 e. The van der Waals surface area contributed by atoms with E-state index in [4.69, 9.17) is 5.11 Å². The Labute approximate surface area is 84.7 Å². The highest BCUT2D eigenvalue weighted by atomic mass is 79.9. The summed E-state index contributed by atoms with van der Waals surface area (Å²) in [5.74, 6) is -1.74. The van der Waals surface area contributed by atoms with Crippen molar-refractivity contribution in [3.8, 4) is 5.75 Å². The van der Waals surface area contributed by atoms with Crippen LogP contribution in [0, 0.1) is 10.1 Å². The molecule has 1 rings (SSSR count). The third-order valence-electron chi connectivity index (χ3n) is 1.34. The van der Waals surface area contributed by atoms with Crippen LogP contribution in [0.15, 0.2) is 10.5 Å². The Morgan fingerprint density at radius 3 is 2.64 bits per heavy atom. The second kappa shape index (κ2) is 3.82. The van der Waals surface area contributed by atoms with Gasteiger partial charge in [-0.05, 0) is 25.8 Å². The maximum absolute atomic E-state index is 12.2. The average molecular weight is 269 g/mol. The van der Waals surface area contributed by atoms with E-state index in [-0.39, 0.29) is 4.47 Å². The summed E-state index contributed by atoms with van der Waals surface area (Å²) in [7, 11) is 0. The summed E-state index contributed by atoms with van der Waals surface area (Å²) in [6, 6.07) is 0.812. The number of nitrogens with zero attached hydrogens (tertiary/aromatic N) is 2. The summed E-state index contributed by atoms with van der Waals surface area (Å²) in [5.41, 5.74) is -0.769. The van der Waals surface area contributed by atoms with Crippen LogP contribution in [0.5, 0.6) is 5.75 Å². The molecule has 0 saturated heterocycles. The van der Waals surface area contributed by atoms with E-state index in [9.17, 15) is 18.9 Å². The van der Waals surface area contributed by atoms with Crippen molar-refractivity contribution in [1.29, 1.82) is 0 Å². The molecule has 0 saturated carbocycles. The molecule has 1 N–H and O–H groups in total. The first kappa shape index (κ1) is 10.8. The van der Waals surface area contributed by atoms with Gasteiger partial charge in [-0.15, -0.1) is 0 Å². The van der Waals surface area contributed by atoms with Crippen molar-refractivity contribution in [3.05, 3.63) is 26.3 Å². The first-order chi connectivity index (χ1) is 6.43. The van der Waals surface area contributed by atoms with Crippen molar-refractivity contribution in [1.82, 2.24) is 4.98 Å². The van der Waals surface area contributed by atoms with Gasteiger partial charge >= 0.3 is 12.2 Å². The molecule has 1 heterocycles. The van der Waals surface area contributed by atoms with Crippen molar-refractivity contribution in [2.75, 3.05) is 0 Å². The predicted molar refractivity (Wildman–Crippen MR) is 45.2 cm³/mol. The Kier molecular flexibility index (Phi) is 2.94. The van der Waals surface area contributed by atoms with Gasteiger partial charge in [0.1, 0.15) is 0 Å².